The van der Waals surface area contributed by atoms with Gasteiger partial charge in [-0.1, -0.05) is 0 Å². The fraction of sp³-hybridized carbons (Fsp3) is 0.250. The van der Waals surface area contributed by atoms with Gasteiger partial charge in [-0.2, -0.15) is 14.9 Å². The fourth-order valence-electron chi connectivity index (χ4n) is 3.80. The van der Waals surface area contributed by atoms with E-state index in [2.05, 4.69) is 20.3 Å². The number of anilines is 1. The minimum atomic E-state index is -0.356. The Morgan fingerprint density at radius 2 is 2.07 bits per heavy atom. The van der Waals surface area contributed by atoms with Crippen LogP contribution in [-0.4, -0.2) is 37.7 Å². The zero-order valence-corrected chi connectivity index (χ0v) is 16.0. The molecule has 0 aliphatic carbocycles. The van der Waals surface area contributed by atoms with Crippen molar-refractivity contribution >= 4 is 11.6 Å². The summed E-state index contributed by atoms with van der Waals surface area (Å²) in [7, 11) is 0. The van der Waals surface area contributed by atoms with Crippen LogP contribution in [0, 0.1) is 5.82 Å². The van der Waals surface area contributed by atoms with Gasteiger partial charge in [-0.25, -0.2) is 14.3 Å². The predicted octanol–water partition coefficient (Wildman–Crippen LogP) is 1.33. The molecule has 0 amide bonds. The van der Waals surface area contributed by atoms with E-state index >= 15 is 0 Å². The topological polar surface area (TPSA) is 116 Å². The van der Waals surface area contributed by atoms with Crippen molar-refractivity contribution in [1.82, 2.24) is 25.0 Å². The van der Waals surface area contributed by atoms with Gasteiger partial charge < -0.3 is 10.5 Å². The zero-order chi connectivity index (χ0) is 20.7. The molecule has 152 valence electrons. The zero-order valence-electron chi connectivity index (χ0n) is 16.0. The largest absolute Gasteiger partial charge is 0.428 e. The summed E-state index contributed by atoms with van der Waals surface area (Å²) in [4.78, 5) is 17.5. The second-order valence-electron chi connectivity index (χ2n) is 7.16. The number of benzene rings is 1. The molecular formula is C20H19FN7O2+. The lowest BCUT2D eigenvalue weighted by molar-refractivity contribution is -0.516. The molecule has 0 unspecified atom stereocenters. The first-order chi connectivity index (χ1) is 14.6. The number of rotatable bonds is 4. The first kappa shape index (κ1) is 18.4. The van der Waals surface area contributed by atoms with E-state index in [-0.39, 0.29) is 23.6 Å². The van der Waals surface area contributed by atoms with E-state index in [0.717, 1.165) is 12.8 Å². The van der Waals surface area contributed by atoms with Gasteiger partial charge in [0.15, 0.2) is 0 Å². The van der Waals surface area contributed by atoms with Gasteiger partial charge in [0, 0.05) is 17.7 Å². The Labute approximate surface area is 170 Å². The molecule has 0 spiro atoms. The Bertz CT molecular complexity index is 1260. The van der Waals surface area contributed by atoms with E-state index in [1.54, 1.807) is 30.6 Å². The Hall–Kier alpha value is -3.66. The molecule has 3 N–H and O–H groups in total. The lowest BCUT2D eigenvalue weighted by Gasteiger charge is -2.08. The van der Waals surface area contributed by atoms with Crippen LogP contribution in [0.25, 0.3) is 28.0 Å². The highest BCUT2D eigenvalue weighted by atomic mass is 19.1. The molecule has 10 heteroatoms. The predicted molar refractivity (Wildman–Crippen MR) is 106 cm³/mol. The Balaban J connectivity index is 1.77. The maximum absolute atomic E-state index is 13.5. The molecule has 0 bridgehead atoms. The van der Waals surface area contributed by atoms with Crippen LogP contribution >= 0.6 is 0 Å². The number of aromatic amines is 1. The Morgan fingerprint density at radius 3 is 2.77 bits per heavy atom. The molecular weight excluding hydrogens is 389 g/mol. The number of H-pyrrole nitrogens is 1. The van der Waals surface area contributed by atoms with Crippen LogP contribution in [0.3, 0.4) is 0 Å². The first-order valence-corrected chi connectivity index (χ1v) is 9.60. The van der Waals surface area contributed by atoms with Crippen LogP contribution in [0.1, 0.15) is 12.8 Å². The molecule has 1 fully saturated rings. The van der Waals surface area contributed by atoms with E-state index in [1.165, 1.54) is 21.2 Å². The summed E-state index contributed by atoms with van der Waals surface area (Å²) < 4.78 is 22.0. The number of nitrogens with two attached hydrogens (primary N) is 1. The van der Waals surface area contributed by atoms with Crippen molar-refractivity contribution in [2.45, 2.75) is 25.5 Å². The van der Waals surface area contributed by atoms with Crippen molar-refractivity contribution in [2.24, 2.45) is 0 Å². The summed E-state index contributed by atoms with van der Waals surface area (Å²) in [5.74, 6) is -0.326. The molecule has 0 saturated carbocycles. The third-order valence-electron chi connectivity index (χ3n) is 5.22. The van der Waals surface area contributed by atoms with Gasteiger partial charge in [0.1, 0.15) is 18.1 Å². The molecule has 1 saturated heterocycles. The molecule has 1 aromatic carbocycles. The van der Waals surface area contributed by atoms with Gasteiger partial charge >= 0.3 is 11.6 Å². The maximum Gasteiger partial charge on any atom is 0.428 e. The lowest BCUT2D eigenvalue weighted by Crippen LogP contribution is -2.45. The summed E-state index contributed by atoms with van der Waals surface area (Å²) in [5, 5.41) is 10.9. The molecule has 1 aliphatic heterocycles. The van der Waals surface area contributed by atoms with Crippen molar-refractivity contribution in [3.8, 4) is 22.4 Å². The Morgan fingerprint density at radius 1 is 1.23 bits per heavy atom. The molecule has 9 nitrogen and oxygen atoms in total. The van der Waals surface area contributed by atoms with Crippen LogP contribution in [0.2, 0.25) is 0 Å². The molecule has 30 heavy (non-hydrogen) atoms. The normalized spacial score (nSPS) is 16.4. The fourth-order valence-corrected chi connectivity index (χ4v) is 3.80. The smallest absolute Gasteiger partial charge is 0.375 e. The van der Waals surface area contributed by atoms with E-state index in [0.29, 0.717) is 41.2 Å². The number of ether oxygens (including phenoxy) is 1. The maximum atomic E-state index is 13.5. The SMILES string of the molecule is Nc1nc(-c2ccc(F)cc2)c(-c2ccnnc2)c2[nH]n(C[C@H]3CCCO3)c(=O)[n+]12. The van der Waals surface area contributed by atoms with Gasteiger partial charge in [0.05, 0.1) is 24.1 Å². The summed E-state index contributed by atoms with van der Waals surface area (Å²) in [6.45, 7) is 1.08. The highest BCUT2D eigenvalue weighted by Gasteiger charge is 2.27. The van der Waals surface area contributed by atoms with E-state index in [9.17, 15) is 9.18 Å². The summed E-state index contributed by atoms with van der Waals surface area (Å²) >= 11 is 0. The Kier molecular flexibility index (Phi) is 4.47. The molecule has 0 radical (unpaired) electrons. The van der Waals surface area contributed by atoms with Crippen LogP contribution in [0.4, 0.5) is 10.3 Å². The van der Waals surface area contributed by atoms with Crippen LogP contribution in [0.15, 0.2) is 47.5 Å². The number of halogens is 1. The van der Waals surface area contributed by atoms with Gasteiger partial charge in [0.2, 0.25) is 5.65 Å². The number of nitrogen functional groups attached to an aromatic ring is 1. The average molecular weight is 408 g/mol. The molecule has 3 aromatic heterocycles. The number of hydrogen-bond acceptors (Lipinski definition) is 6. The summed E-state index contributed by atoms with van der Waals surface area (Å²) in [6, 6.07) is 7.71. The quantitative estimate of drug-likeness (QED) is 0.492. The monoisotopic (exact) mass is 408 g/mol. The van der Waals surface area contributed by atoms with Crippen molar-refractivity contribution in [3.05, 3.63) is 59.0 Å². The van der Waals surface area contributed by atoms with Crippen molar-refractivity contribution in [2.75, 3.05) is 12.3 Å². The van der Waals surface area contributed by atoms with Gasteiger partial charge in [0.25, 0.3) is 0 Å². The third kappa shape index (κ3) is 3.11. The van der Waals surface area contributed by atoms with Gasteiger partial charge in [-0.05, 0) is 43.2 Å². The number of hydrogen-bond donors (Lipinski definition) is 2. The van der Waals surface area contributed by atoms with Crippen molar-refractivity contribution in [1.29, 1.82) is 0 Å². The number of aromatic nitrogens is 6. The third-order valence-corrected chi connectivity index (χ3v) is 5.22. The molecule has 1 aliphatic rings. The first-order valence-electron chi connectivity index (χ1n) is 9.60. The van der Waals surface area contributed by atoms with Crippen LogP contribution in [-0.2, 0) is 11.3 Å². The minimum Gasteiger partial charge on any atom is -0.375 e. The highest BCUT2D eigenvalue weighted by Crippen LogP contribution is 2.32. The summed E-state index contributed by atoms with van der Waals surface area (Å²) in [6.07, 6.45) is 4.96. The van der Waals surface area contributed by atoms with Gasteiger partial charge in [-0.15, -0.1) is 9.38 Å². The number of nitrogens with zero attached hydrogens (tertiary/aromatic N) is 5. The molecule has 4 aromatic rings. The van der Waals surface area contributed by atoms with Crippen molar-refractivity contribution < 1.29 is 13.5 Å². The van der Waals surface area contributed by atoms with Gasteiger partial charge in [-0.3, -0.25) is 0 Å². The number of fused-ring (bicyclic) bond motifs is 1. The van der Waals surface area contributed by atoms with E-state index < -0.39 is 0 Å². The molecule has 5 rings (SSSR count). The number of nitrogens with one attached hydrogen (secondary N) is 1. The second-order valence-corrected chi connectivity index (χ2v) is 7.16. The standard InChI is InChI=1S/C20H18FN7O2/c21-14-5-3-12(4-6-14)17-16(13-7-8-23-24-10-13)18-26-27(11-15-2-1-9-30-15)20(29)28(18)19(22)25-17/h3-8,10,15H,1-2,9,11H2,(H2,22,23,25,26)/p+1/t15-/m1/s1. The molecule has 4 heterocycles. The van der Waals surface area contributed by atoms with E-state index in [1.807, 2.05) is 0 Å². The highest BCUT2D eigenvalue weighted by molar-refractivity contribution is 5.88. The van der Waals surface area contributed by atoms with Crippen LogP contribution < -0.4 is 15.8 Å². The second kappa shape index (κ2) is 7.30. The van der Waals surface area contributed by atoms with Crippen molar-refractivity contribution in [3.63, 3.8) is 0 Å². The van der Waals surface area contributed by atoms with E-state index in [4.69, 9.17) is 10.5 Å². The molecule has 1 atom stereocenters. The summed E-state index contributed by atoms with van der Waals surface area (Å²) in [5.41, 5.74) is 8.79. The minimum absolute atomic E-state index is 0.0300. The average Bonchev–Trinajstić information content (AvgIpc) is 3.38. The van der Waals surface area contributed by atoms with Crippen LogP contribution in [0.5, 0.6) is 0 Å². The lowest BCUT2D eigenvalue weighted by atomic mass is 10.0.